The lowest BCUT2D eigenvalue weighted by Gasteiger charge is -2.58. The number of pyridine rings is 1. The molecule has 1 spiro atoms. The number of hydrogen-bond acceptors (Lipinski definition) is 5. The molecule has 0 bridgehead atoms. The van der Waals surface area contributed by atoms with E-state index >= 15 is 0 Å². The van der Waals surface area contributed by atoms with Gasteiger partial charge in [-0.2, -0.15) is 18.3 Å². The Balaban J connectivity index is 1.02. The van der Waals surface area contributed by atoms with Crippen molar-refractivity contribution in [3.63, 3.8) is 0 Å². The predicted octanol–water partition coefficient (Wildman–Crippen LogP) is 3.89. The summed E-state index contributed by atoms with van der Waals surface area (Å²) >= 11 is 0. The zero-order valence-corrected chi connectivity index (χ0v) is 17.8. The molecule has 11 heteroatoms. The third-order valence-corrected chi connectivity index (χ3v) is 7.51. The number of halogens is 4. The van der Waals surface area contributed by atoms with Gasteiger partial charge in [-0.15, -0.1) is 0 Å². The maximum Gasteiger partial charge on any atom is 0.397 e. The summed E-state index contributed by atoms with van der Waals surface area (Å²) in [6, 6.07) is 1.28. The van der Waals surface area contributed by atoms with Gasteiger partial charge in [0.1, 0.15) is 18.3 Å². The van der Waals surface area contributed by atoms with Crippen molar-refractivity contribution in [2.45, 2.75) is 56.7 Å². The number of aromatic nitrogens is 4. The lowest BCUT2D eigenvalue weighted by Crippen LogP contribution is -2.63. The fraction of sp³-hybridized carbons (Fsp3) is 0.636. The lowest BCUT2D eigenvalue weighted by atomic mass is 9.60. The van der Waals surface area contributed by atoms with E-state index in [4.69, 9.17) is 4.74 Å². The van der Waals surface area contributed by atoms with Crippen LogP contribution in [-0.4, -0.2) is 56.4 Å². The second kappa shape index (κ2) is 6.89. The molecule has 176 valence electrons. The van der Waals surface area contributed by atoms with Gasteiger partial charge >= 0.3 is 6.18 Å². The number of alkyl halides is 3. The van der Waals surface area contributed by atoms with Gasteiger partial charge < -0.3 is 9.64 Å². The molecule has 0 radical (unpaired) electrons. The van der Waals surface area contributed by atoms with E-state index in [1.165, 1.54) is 0 Å². The van der Waals surface area contributed by atoms with Crippen LogP contribution in [0.3, 0.4) is 0 Å². The second-order valence-corrected chi connectivity index (χ2v) is 10.2. The Morgan fingerprint density at radius 3 is 2.52 bits per heavy atom. The van der Waals surface area contributed by atoms with Crippen molar-refractivity contribution in [2.75, 3.05) is 19.7 Å². The molecule has 0 unspecified atom stereocenters. The molecule has 4 aliphatic rings. The molecule has 0 aromatic carbocycles. The average molecular weight is 465 g/mol. The van der Waals surface area contributed by atoms with Crippen LogP contribution in [-0.2, 0) is 0 Å². The summed E-state index contributed by atoms with van der Waals surface area (Å²) in [5, 5.41) is 4.59. The van der Waals surface area contributed by atoms with Crippen LogP contribution in [0.25, 0.3) is 0 Å². The van der Waals surface area contributed by atoms with Gasteiger partial charge in [-0.05, 0) is 44.6 Å². The minimum atomic E-state index is -4.39. The first-order valence-electron chi connectivity index (χ1n) is 11.2. The zero-order chi connectivity index (χ0) is 23.0. The number of amides is 1. The molecule has 3 heterocycles. The van der Waals surface area contributed by atoms with Gasteiger partial charge in [-0.1, -0.05) is 0 Å². The average Bonchev–Trinajstić information content (AvgIpc) is 3.63. The molecule has 2 aromatic heterocycles. The zero-order valence-electron chi connectivity index (χ0n) is 17.8. The summed E-state index contributed by atoms with van der Waals surface area (Å²) in [4.78, 5) is 22.5. The van der Waals surface area contributed by atoms with Gasteiger partial charge in [0.2, 0.25) is 5.88 Å². The van der Waals surface area contributed by atoms with Crippen LogP contribution in [0.4, 0.5) is 17.6 Å². The van der Waals surface area contributed by atoms with E-state index in [0.29, 0.717) is 25.0 Å². The number of ether oxygens (including phenoxy) is 1. The van der Waals surface area contributed by atoms with Crippen molar-refractivity contribution in [2.24, 2.45) is 10.8 Å². The standard InChI is InChI=1S/C22H23F4N5O2/c23-16-5-14(8-27-18(16)33-11-21(3-4-21)22(24,25)26)19(32)30-9-20(10-30)6-15(7-20)31-12-28-17(29-31)13-1-2-13/h5,8,12-13,15H,1-4,6-7,9-11H2. The summed E-state index contributed by atoms with van der Waals surface area (Å²) < 4.78 is 60.3. The normalized spacial score (nSPS) is 23.2. The second-order valence-electron chi connectivity index (χ2n) is 10.2. The molecular weight excluding hydrogens is 442 g/mol. The minimum Gasteiger partial charge on any atom is -0.475 e. The third-order valence-electron chi connectivity index (χ3n) is 7.51. The number of rotatable bonds is 6. The minimum absolute atomic E-state index is 0.0369. The molecule has 7 nitrogen and oxygen atoms in total. The van der Waals surface area contributed by atoms with Crippen molar-refractivity contribution in [3.05, 3.63) is 35.8 Å². The first-order chi connectivity index (χ1) is 15.7. The van der Waals surface area contributed by atoms with Crippen molar-refractivity contribution >= 4 is 5.91 Å². The number of likely N-dealkylation sites (tertiary alicyclic amines) is 1. The Bertz CT molecular complexity index is 1090. The van der Waals surface area contributed by atoms with Crippen LogP contribution >= 0.6 is 0 Å². The third kappa shape index (κ3) is 3.56. The van der Waals surface area contributed by atoms with Crippen LogP contribution in [0.15, 0.2) is 18.6 Å². The molecular formula is C22H23F4N5O2. The highest BCUT2D eigenvalue weighted by molar-refractivity contribution is 5.94. The van der Waals surface area contributed by atoms with Gasteiger partial charge in [-0.3, -0.25) is 4.79 Å². The number of carbonyl (C=O) groups is 1. The first kappa shape index (κ1) is 20.9. The highest BCUT2D eigenvalue weighted by Crippen LogP contribution is 2.57. The van der Waals surface area contributed by atoms with Crippen molar-refractivity contribution in [3.8, 4) is 5.88 Å². The fourth-order valence-electron chi connectivity index (χ4n) is 4.98. The smallest absolute Gasteiger partial charge is 0.397 e. The van der Waals surface area contributed by atoms with Crippen molar-refractivity contribution in [1.29, 1.82) is 0 Å². The van der Waals surface area contributed by atoms with E-state index in [2.05, 4.69) is 15.1 Å². The Kier molecular flexibility index (Phi) is 4.36. The van der Waals surface area contributed by atoms with Gasteiger partial charge in [0.25, 0.3) is 5.91 Å². The highest BCUT2D eigenvalue weighted by atomic mass is 19.4. The Hall–Kier alpha value is -2.72. The van der Waals surface area contributed by atoms with Gasteiger partial charge in [-0.25, -0.2) is 19.0 Å². The molecule has 1 saturated heterocycles. The Morgan fingerprint density at radius 1 is 1.18 bits per heavy atom. The summed E-state index contributed by atoms with van der Waals surface area (Å²) in [5.41, 5.74) is -1.78. The largest absolute Gasteiger partial charge is 0.475 e. The van der Waals surface area contributed by atoms with E-state index < -0.39 is 29.9 Å². The van der Waals surface area contributed by atoms with Crippen molar-refractivity contribution < 1.29 is 27.1 Å². The SMILES string of the molecule is O=C(c1cnc(OCC2(C(F)(F)F)CC2)c(F)c1)N1CC2(CC(n3cnc(C4CC4)n3)C2)C1. The maximum atomic E-state index is 14.4. The predicted molar refractivity (Wildman–Crippen MR) is 106 cm³/mol. The van der Waals surface area contributed by atoms with Crippen molar-refractivity contribution in [1.82, 2.24) is 24.6 Å². The van der Waals surface area contributed by atoms with Crippen LogP contribution in [0.1, 0.15) is 66.7 Å². The molecule has 0 atom stereocenters. The van der Waals surface area contributed by atoms with Crippen LogP contribution in [0.2, 0.25) is 0 Å². The van der Waals surface area contributed by atoms with E-state index in [0.717, 1.165) is 43.8 Å². The van der Waals surface area contributed by atoms with Gasteiger partial charge in [0.15, 0.2) is 11.6 Å². The topological polar surface area (TPSA) is 73.1 Å². The van der Waals surface area contributed by atoms with E-state index in [1.807, 2.05) is 4.68 Å². The molecule has 0 N–H and O–H groups in total. The molecule has 4 fully saturated rings. The fourth-order valence-corrected chi connectivity index (χ4v) is 4.98. The molecule has 3 aliphatic carbocycles. The summed E-state index contributed by atoms with van der Waals surface area (Å²) in [5.74, 6) is -0.345. The quantitative estimate of drug-likeness (QED) is 0.606. The molecule has 3 saturated carbocycles. The number of nitrogens with zero attached hydrogens (tertiary/aromatic N) is 5. The summed E-state index contributed by atoms with van der Waals surface area (Å²) in [6.45, 7) is 0.498. The molecule has 2 aromatic rings. The molecule has 1 amide bonds. The number of hydrogen-bond donors (Lipinski definition) is 0. The van der Waals surface area contributed by atoms with Crippen LogP contribution < -0.4 is 4.74 Å². The molecule has 33 heavy (non-hydrogen) atoms. The van der Waals surface area contributed by atoms with E-state index in [9.17, 15) is 22.4 Å². The van der Waals surface area contributed by atoms with E-state index in [-0.39, 0.29) is 29.7 Å². The Morgan fingerprint density at radius 2 is 1.91 bits per heavy atom. The highest BCUT2D eigenvalue weighted by Gasteiger charge is 2.64. The van der Waals surface area contributed by atoms with Crippen LogP contribution in [0, 0.1) is 16.6 Å². The summed E-state index contributed by atoms with van der Waals surface area (Å²) in [6.07, 6.45) is 2.66. The summed E-state index contributed by atoms with van der Waals surface area (Å²) in [7, 11) is 0. The Labute approximate surface area is 187 Å². The molecule has 1 aliphatic heterocycles. The van der Waals surface area contributed by atoms with Gasteiger partial charge in [0.05, 0.1) is 11.6 Å². The lowest BCUT2D eigenvalue weighted by molar-refractivity contribution is -0.194. The van der Waals surface area contributed by atoms with E-state index in [1.54, 1.807) is 11.2 Å². The molecule has 6 rings (SSSR count). The van der Waals surface area contributed by atoms with Crippen LogP contribution in [0.5, 0.6) is 5.88 Å². The van der Waals surface area contributed by atoms with Gasteiger partial charge in [0, 0.05) is 30.6 Å². The number of carbonyl (C=O) groups excluding carboxylic acids is 1. The first-order valence-corrected chi connectivity index (χ1v) is 11.2. The maximum absolute atomic E-state index is 14.4. The monoisotopic (exact) mass is 465 g/mol.